The minimum absolute atomic E-state index is 0.00426. The summed E-state index contributed by atoms with van der Waals surface area (Å²) in [5.41, 5.74) is 2.85. The van der Waals surface area contributed by atoms with Gasteiger partial charge in [0.25, 0.3) is 0 Å². The van der Waals surface area contributed by atoms with Crippen LogP contribution in [-0.4, -0.2) is 5.71 Å². The summed E-state index contributed by atoms with van der Waals surface area (Å²) in [4.78, 5) is 4.52. The Labute approximate surface area is 117 Å². The van der Waals surface area contributed by atoms with Crippen LogP contribution in [0.5, 0.6) is 0 Å². The highest BCUT2D eigenvalue weighted by atomic mass is 19.1. The number of nitrogens with zero attached hydrogens (tertiary/aromatic N) is 1. The number of benzene rings is 2. The number of hydrogen-bond acceptors (Lipinski definition) is 1. The van der Waals surface area contributed by atoms with Gasteiger partial charge in [0.2, 0.25) is 0 Å². The van der Waals surface area contributed by atoms with Crippen LogP contribution in [0.1, 0.15) is 35.6 Å². The summed E-state index contributed by atoms with van der Waals surface area (Å²) in [7, 11) is 0. The van der Waals surface area contributed by atoms with E-state index < -0.39 is 11.6 Å². The zero-order chi connectivity index (χ0) is 14.1. The summed E-state index contributed by atoms with van der Waals surface area (Å²) in [6.07, 6.45) is 1.41. The van der Waals surface area contributed by atoms with Gasteiger partial charge in [-0.1, -0.05) is 35.9 Å². The maximum absolute atomic E-state index is 13.8. The second-order valence-electron chi connectivity index (χ2n) is 5.14. The molecule has 0 radical (unpaired) electrons. The summed E-state index contributed by atoms with van der Waals surface area (Å²) < 4.78 is 27.5. The summed E-state index contributed by atoms with van der Waals surface area (Å²) in [5, 5.41) is 0. The molecule has 20 heavy (non-hydrogen) atoms. The Morgan fingerprint density at radius 3 is 2.30 bits per heavy atom. The predicted molar refractivity (Wildman–Crippen MR) is 76.0 cm³/mol. The maximum Gasteiger partial charge on any atom is 0.135 e. The Balaban J connectivity index is 1.94. The highest BCUT2D eigenvalue weighted by molar-refractivity contribution is 6.02. The monoisotopic (exact) mass is 271 g/mol. The fourth-order valence-electron chi connectivity index (χ4n) is 2.58. The molecule has 1 heterocycles. The largest absolute Gasteiger partial charge is 0.281 e. The van der Waals surface area contributed by atoms with Gasteiger partial charge in [-0.2, -0.15) is 0 Å². The Morgan fingerprint density at radius 1 is 1.00 bits per heavy atom. The Morgan fingerprint density at radius 2 is 1.65 bits per heavy atom. The third kappa shape index (κ3) is 2.36. The molecule has 0 N–H and O–H groups in total. The molecular formula is C17H15F2N. The van der Waals surface area contributed by atoms with E-state index in [4.69, 9.17) is 0 Å². The first-order valence-corrected chi connectivity index (χ1v) is 6.73. The van der Waals surface area contributed by atoms with E-state index in [0.717, 1.165) is 12.0 Å². The number of halogens is 2. The molecule has 0 saturated carbocycles. The highest BCUT2D eigenvalue weighted by Crippen LogP contribution is 2.32. The van der Waals surface area contributed by atoms with Gasteiger partial charge in [0.15, 0.2) is 0 Å². The van der Waals surface area contributed by atoms with Crippen molar-refractivity contribution in [1.29, 1.82) is 0 Å². The molecule has 3 heteroatoms. The van der Waals surface area contributed by atoms with E-state index in [9.17, 15) is 8.78 Å². The molecule has 3 rings (SSSR count). The van der Waals surface area contributed by atoms with E-state index in [2.05, 4.69) is 4.99 Å². The molecule has 0 amide bonds. The Hall–Kier alpha value is -2.03. The van der Waals surface area contributed by atoms with Crippen molar-refractivity contribution < 1.29 is 8.78 Å². The molecule has 0 saturated heterocycles. The fraction of sp³-hybridized carbons (Fsp3) is 0.235. The minimum atomic E-state index is -0.534. The van der Waals surface area contributed by atoms with E-state index in [1.165, 1.54) is 23.8 Å². The normalized spacial score (nSPS) is 18.1. The first-order chi connectivity index (χ1) is 9.65. The van der Waals surface area contributed by atoms with E-state index in [1.54, 1.807) is 0 Å². The molecule has 0 aromatic heterocycles. The van der Waals surface area contributed by atoms with Crippen LogP contribution >= 0.6 is 0 Å². The molecule has 0 spiro atoms. The molecule has 0 unspecified atom stereocenters. The second-order valence-corrected chi connectivity index (χ2v) is 5.14. The second kappa shape index (κ2) is 5.16. The van der Waals surface area contributed by atoms with Gasteiger partial charge in [0.05, 0.1) is 11.6 Å². The van der Waals surface area contributed by atoms with E-state index in [0.29, 0.717) is 12.1 Å². The maximum atomic E-state index is 13.8. The lowest BCUT2D eigenvalue weighted by molar-refractivity contribution is 0.578. The fourth-order valence-corrected chi connectivity index (χ4v) is 2.58. The first kappa shape index (κ1) is 13.0. The average molecular weight is 271 g/mol. The zero-order valence-corrected chi connectivity index (χ0v) is 11.2. The minimum Gasteiger partial charge on any atom is -0.281 e. The van der Waals surface area contributed by atoms with Crippen molar-refractivity contribution in [3.63, 3.8) is 0 Å². The van der Waals surface area contributed by atoms with Crippen LogP contribution in [0, 0.1) is 18.6 Å². The summed E-state index contributed by atoms with van der Waals surface area (Å²) in [6.45, 7) is 2.03. The molecule has 0 bridgehead atoms. The van der Waals surface area contributed by atoms with Gasteiger partial charge in [-0.15, -0.1) is 0 Å². The van der Waals surface area contributed by atoms with Crippen LogP contribution in [0.15, 0.2) is 47.5 Å². The van der Waals surface area contributed by atoms with Crippen molar-refractivity contribution in [3.8, 4) is 0 Å². The van der Waals surface area contributed by atoms with Gasteiger partial charge in [-0.25, -0.2) is 8.78 Å². The molecule has 2 aromatic carbocycles. The lowest BCUT2D eigenvalue weighted by Crippen LogP contribution is -2.03. The van der Waals surface area contributed by atoms with Crippen molar-refractivity contribution >= 4 is 5.71 Å². The van der Waals surface area contributed by atoms with Gasteiger partial charge in [-0.3, -0.25) is 4.99 Å². The molecule has 0 aliphatic carbocycles. The van der Waals surface area contributed by atoms with Gasteiger partial charge < -0.3 is 0 Å². The molecular weight excluding hydrogens is 256 g/mol. The summed E-state index contributed by atoms with van der Waals surface area (Å²) in [6, 6.07) is 12.1. The zero-order valence-electron chi connectivity index (χ0n) is 11.2. The Bertz CT molecular complexity index is 639. The van der Waals surface area contributed by atoms with Crippen molar-refractivity contribution in [3.05, 3.63) is 70.8 Å². The number of aliphatic imine (C=N–C) groups is 1. The van der Waals surface area contributed by atoms with E-state index in [-0.39, 0.29) is 11.6 Å². The topological polar surface area (TPSA) is 12.4 Å². The van der Waals surface area contributed by atoms with Crippen molar-refractivity contribution in [2.45, 2.75) is 25.8 Å². The standard InChI is InChI=1S/C17H15F2N/c1-11-5-7-12(8-6-11)15-9-10-16(20-15)17-13(18)3-2-4-14(17)19/h2-8,15H,9-10H2,1H3/t15-/m1/s1. The molecule has 2 aromatic rings. The Kier molecular flexibility index (Phi) is 3.35. The van der Waals surface area contributed by atoms with Crippen LogP contribution in [0.4, 0.5) is 8.78 Å². The lowest BCUT2D eigenvalue weighted by atomic mass is 10.0. The molecule has 1 aliphatic rings. The van der Waals surface area contributed by atoms with Crippen LogP contribution in [0.25, 0.3) is 0 Å². The number of aryl methyl sites for hydroxylation is 1. The number of rotatable bonds is 2. The van der Waals surface area contributed by atoms with E-state index in [1.807, 2.05) is 31.2 Å². The quantitative estimate of drug-likeness (QED) is 0.757. The van der Waals surface area contributed by atoms with Crippen molar-refractivity contribution in [2.24, 2.45) is 4.99 Å². The van der Waals surface area contributed by atoms with E-state index >= 15 is 0 Å². The molecule has 1 atom stereocenters. The average Bonchev–Trinajstić information content (AvgIpc) is 2.89. The van der Waals surface area contributed by atoms with Gasteiger partial charge >= 0.3 is 0 Å². The molecule has 1 nitrogen and oxygen atoms in total. The van der Waals surface area contributed by atoms with Gasteiger partial charge in [0.1, 0.15) is 11.6 Å². The molecule has 0 fully saturated rings. The highest BCUT2D eigenvalue weighted by Gasteiger charge is 2.24. The van der Waals surface area contributed by atoms with Crippen molar-refractivity contribution in [2.75, 3.05) is 0 Å². The predicted octanol–water partition coefficient (Wildman–Crippen LogP) is 4.60. The lowest BCUT2D eigenvalue weighted by Gasteiger charge is -2.07. The van der Waals surface area contributed by atoms with Crippen LogP contribution in [-0.2, 0) is 0 Å². The third-order valence-corrected chi connectivity index (χ3v) is 3.68. The van der Waals surface area contributed by atoms with Crippen molar-refractivity contribution in [1.82, 2.24) is 0 Å². The van der Waals surface area contributed by atoms with Crippen LogP contribution in [0.3, 0.4) is 0 Å². The summed E-state index contributed by atoms with van der Waals surface area (Å²) >= 11 is 0. The van der Waals surface area contributed by atoms with Gasteiger partial charge in [-0.05, 0) is 37.5 Å². The van der Waals surface area contributed by atoms with Gasteiger partial charge in [0, 0.05) is 5.71 Å². The van der Waals surface area contributed by atoms with Crippen LogP contribution < -0.4 is 0 Å². The third-order valence-electron chi connectivity index (χ3n) is 3.68. The SMILES string of the molecule is Cc1ccc([C@H]2CCC(c3c(F)cccc3F)=N2)cc1. The summed E-state index contributed by atoms with van der Waals surface area (Å²) in [5.74, 6) is -1.07. The smallest absolute Gasteiger partial charge is 0.135 e. The number of hydrogen-bond donors (Lipinski definition) is 0. The molecule has 102 valence electrons. The van der Waals surface area contributed by atoms with Crippen LogP contribution in [0.2, 0.25) is 0 Å². The molecule has 1 aliphatic heterocycles. The first-order valence-electron chi connectivity index (χ1n) is 6.73.